The summed E-state index contributed by atoms with van der Waals surface area (Å²) in [6.07, 6.45) is 7.02. The SMILES string of the molecule is CNCC1(CN2CC3CCCC3C2)CCCOC1. The third-order valence-electron chi connectivity index (χ3n) is 5.32. The third kappa shape index (κ3) is 2.59. The molecule has 0 amide bonds. The van der Waals surface area contributed by atoms with Crippen LogP contribution in [-0.2, 0) is 4.74 Å². The summed E-state index contributed by atoms with van der Waals surface area (Å²) >= 11 is 0. The molecule has 0 bridgehead atoms. The minimum Gasteiger partial charge on any atom is -0.381 e. The summed E-state index contributed by atoms with van der Waals surface area (Å²) < 4.78 is 5.78. The van der Waals surface area contributed by atoms with Crippen LogP contribution in [0.2, 0.25) is 0 Å². The van der Waals surface area contributed by atoms with E-state index in [0.29, 0.717) is 5.41 Å². The summed E-state index contributed by atoms with van der Waals surface area (Å²) in [6, 6.07) is 0. The molecule has 0 radical (unpaired) electrons. The fourth-order valence-corrected chi connectivity index (χ4v) is 4.54. The highest BCUT2D eigenvalue weighted by Crippen LogP contribution is 2.39. The van der Waals surface area contributed by atoms with Gasteiger partial charge in [0.1, 0.15) is 0 Å². The Labute approximate surface area is 111 Å². The first kappa shape index (κ1) is 12.9. The van der Waals surface area contributed by atoms with E-state index >= 15 is 0 Å². The minimum atomic E-state index is 0.381. The van der Waals surface area contributed by atoms with Crippen LogP contribution in [0.5, 0.6) is 0 Å². The van der Waals surface area contributed by atoms with Crippen molar-refractivity contribution in [1.82, 2.24) is 10.2 Å². The average Bonchev–Trinajstić information content (AvgIpc) is 2.91. The standard InChI is InChI=1S/C15H28N2O/c1-16-10-15(6-3-7-18-12-15)11-17-8-13-4-2-5-14(13)9-17/h13-14,16H,2-12H2,1H3. The number of nitrogens with zero attached hydrogens (tertiary/aromatic N) is 1. The summed E-state index contributed by atoms with van der Waals surface area (Å²) in [5, 5.41) is 3.40. The molecular formula is C15H28N2O. The Balaban J connectivity index is 1.59. The van der Waals surface area contributed by atoms with Crippen molar-refractivity contribution in [2.24, 2.45) is 17.3 Å². The summed E-state index contributed by atoms with van der Waals surface area (Å²) in [4.78, 5) is 2.74. The number of nitrogens with one attached hydrogen (secondary N) is 1. The van der Waals surface area contributed by atoms with E-state index in [2.05, 4.69) is 17.3 Å². The zero-order chi connectivity index (χ0) is 12.4. The quantitative estimate of drug-likeness (QED) is 0.825. The van der Waals surface area contributed by atoms with Gasteiger partial charge in [0.15, 0.2) is 0 Å². The van der Waals surface area contributed by atoms with E-state index in [1.54, 1.807) is 0 Å². The van der Waals surface area contributed by atoms with Gasteiger partial charge >= 0.3 is 0 Å². The summed E-state index contributed by atoms with van der Waals surface area (Å²) in [7, 11) is 2.08. The normalized spacial score (nSPS) is 41.2. The maximum atomic E-state index is 5.78. The van der Waals surface area contributed by atoms with E-state index in [1.807, 2.05) is 0 Å². The molecule has 3 unspecified atom stereocenters. The maximum absolute atomic E-state index is 5.78. The van der Waals surface area contributed by atoms with E-state index in [-0.39, 0.29) is 0 Å². The van der Waals surface area contributed by atoms with Gasteiger partial charge in [0.25, 0.3) is 0 Å². The van der Waals surface area contributed by atoms with Crippen LogP contribution >= 0.6 is 0 Å². The first-order chi connectivity index (χ1) is 8.81. The van der Waals surface area contributed by atoms with Crippen molar-refractivity contribution >= 4 is 0 Å². The molecule has 1 N–H and O–H groups in total. The van der Waals surface area contributed by atoms with Crippen LogP contribution in [0.25, 0.3) is 0 Å². The lowest BCUT2D eigenvalue weighted by atomic mass is 9.82. The van der Waals surface area contributed by atoms with E-state index in [9.17, 15) is 0 Å². The van der Waals surface area contributed by atoms with Gasteiger partial charge in [-0.3, -0.25) is 0 Å². The van der Waals surface area contributed by atoms with Crippen molar-refractivity contribution in [3.05, 3.63) is 0 Å². The van der Waals surface area contributed by atoms with Gasteiger partial charge in [-0.25, -0.2) is 0 Å². The Hall–Kier alpha value is -0.120. The van der Waals surface area contributed by atoms with E-state index < -0.39 is 0 Å². The van der Waals surface area contributed by atoms with Gasteiger partial charge in [-0.1, -0.05) is 6.42 Å². The second-order valence-electron chi connectivity index (χ2n) is 6.83. The molecule has 3 rings (SSSR count). The van der Waals surface area contributed by atoms with Crippen molar-refractivity contribution in [3.8, 4) is 0 Å². The van der Waals surface area contributed by atoms with Crippen molar-refractivity contribution in [2.75, 3.05) is 46.4 Å². The molecule has 0 spiro atoms. The maximum Gasteiger partial charge on any atom is 0.0546 e. The lowest BCUT2D eigenvalue weighted by molar-refractivity contribution is -0.0231. The van der Waals surface area contributed by atoms with Crippen LogP contribution in [0.1, 0.15) is 32.1 Å². The molecule has 3 atom stereocenters. The number of hydrogen-bond acceptors (Lipinski definition) is 3. The highest BCUT2D eigenvalue weighted by atomic mass is 16.5. The molecule has 2 aliphatic heterocycles. The van der Waals surface area contributed by atoms with Crippen LogP contribution in [0.4, 0.5) is 0 Å². The predicted octanol–water partition coefficient (Wildman–Crippen LogP) is 1.73. The summed E-state index contributed by atoms with van der Waals surface area (Å²) in [6.45, 7) is 7.00. The third-order valence-corrected chi connectivity index (χ3v) is 5.32. The topological polar surface area (TPSA) is 24.5 Å². The van der Waals surface area contributed by atoms with Crippen LogP contribution in [0.3, 0.4) is 0 Å². The lowest BCUT2D eigenvalue weighted by Crippen LogP contribution is -2.48. The second kappa shape index (κ2) is 5.48. The number of ether oxygens (including phenoxy) is 1. The van der Waals surface area contributed by atoms with Gasteiger partial charge in [0.2, 0.25) is 0 Å². The van der Waals surface area contributed by atoms with Crippen molar-refractivity contribution in [2.45, 2.75) is 32.1 Å². The largest absolute Gasteiger partial charge is 0.381 e. The molecule has 104 valence electrons. The number of likely N-dealkylation sites (tertiary alicyclic amines) is 1. The van der Waals surface area contributed by atoms with Crippen LogP contribution < -0.4 is 5.32 Å². The summed E-state index contributed by atoms with van der Waals surface area (Å²) in [5.74, 6) is 2.03. The molecule has 0 aromatic carbocycles. The fraction of sp³-hybridized carbons (Fsp3) is 1.00. The van der Waals surface area contributed by atoms with Crippen molar-refractivity contribution in [1.29, 1.82) is 0 Å². The molecule has 3 aliphatic rings. The second-order valence-corrected chi connectivity index (χ2v) is 6.83. The highest BCUT2D eigenvalue weighted by molar-refractivity contribution is 4.93. The number of hydrogen-bond donors (Lipinski definition) is 1. The Morgan fingerprint density at radius 1 is 1.22 bits per heavy atom. The van der Waals surface area contributed by atoms with Gasteiger partial charge in [0.05, 0.1) is 6.61 Å². The lowest BCUT2D eigenvalue weighted by Gasteiger charge is -2.40. The Kier molecular flexibility index (Phi) is 3.92. The first-order valence-corrected chi connectivity index (χ1v) is 7.76. The molecule has 0 aromatic rings. The van der Waals surface area contributed by atoms with Crippen LogP contribution in [-0.4, -0.2) is 51.3 Å². The molecule has 1 aliphatic carbocycles. The van der Waals surface area contributed by atoms with Crippen molar-refractivity contribution in [3.63, 3.8) is 0 Å². The molecule has 2 saturated heterocycles. The molecule has 2 heterocycles. The van der Waals surface area contributed by atoms with Gasteiger partial charge in [-0.2, -0.15) is 0 Å². The molecule has 0 aromatic heterocycles. The van der Waals surface area contributed by atoms with Gasteiger partial charge in [-0.15, -0.1) is 0 Å². The fourth-order valence-electron chi connectivity index (χ4n) is 4.54. The van der Waals surface area contributed by atoms with Gasteiger partial charge in [0, 0.05) is 38.2 Å². The van der Waals surface area contributed by atoms with E-state index in [4.69, 9.17) is 4.74 Å². The zero-order valence-corrected chi connectivity index (χ0v) is 11.8. The Morgan fingerprint density at radius 3 is 2.61 bits per heavy atom. The van der Waals surface area contributed by atoms with Gasteiger partial charge in [-0.05, 0) is 44.6 Å². The molecule has 18 heavy (non-hydrogen) atoms. The number of rotatable bonds is 4. The summed E-state index contributed by atoms with van der Waals surface area (Å²) in [5.41, 5.74) is 0.381. The Morgan fingerprint density at radius 2 is 2.00 bits per heavy atom. The molecule has 3 fully saturated rings. The molecular weight excluding hydrogens is 224 g/mol. The van der Waals surface area contributed by atoms with Crippen molar-refractivity contribution < 1.29 is 4.74 Å². The monoisotopic (exact) mass is 252 g/mol. The average molecular weight is 252 g/mol. The highest BCUT2D eigenvalue weighted by Gasteiger charge is 2.40. The predicted molar refractivity (Wildman–Crippen MR) is 73.7 cm³/mol. The Bertz CT molecular complexity index is 258. The van der Waals surface area contributed by atoms with Crippen LogP contribution in [0, 0.1) is 17.3 Å². The molecule has 3 heteroatoms. The smallest absolute Gasteiger partial charge is 0.0546 e. The van der Waals surface area contributed by atoms with E-state index in [0.717, 1.165) is 31.6 Å². The van der Waals surface area contributed by atoms with Gasteiger partial charge < -0.3 is 15.0 Å². The van der Waals surface area contributed by atoms with E-state index in [1.165, 1.54) is 51.7 Å². The molecule has 1 saturated carbocycles. The molecule has 3 nitrogen and oxygen atoms in total. The zero-order valence-electron chi connectivity index (χ0n) is 11.8. The minimum absolute atomic E-state index is 0.381. The van der Waals surface area contributed by atoms with Crippen LogP contribution in [0.15, 0.2) is 0 Å². The first-order valence-electron chi connectivity index (χ1n) is 7.76. The number of fused-ring (bicyclic) bond motifs is 1.